The van der Waals surface area contributed by atoms with Gasteiger partial charge in [0.15, 0.2) is 18.2 Å². The second-order valence-corrected chi connectivity index (χ2v) is 13.4. The van der Waals surface area contributed by atoms with Crippen LogP contribution in [0.25, 0.3) is 0 Å². The highest BCUT2D eigenvalue weighted by molar-refractivity contribution is 7.89. The normalized spacial score (nSPS) is 22.3. The number of amides is 2. The SMILES string of the molecule is CC(C)CC(CC(=O)N1CCN(c2ccccc2)CC1)C(=O)N1CCC2C1C(=O)CN2S(=O)(=O)c1ccc[n+]([O-])c1. The number of ketones is 1. The molecule has 4 heterocycles. The zero-order chi connectivity index (χ0) is 29.3. The number of piperazine rings is 1. The number of benzene rings is 1. The number of carbonyl (C=O) groups excluding carboxylic acids is 3. The van der Waals surface area contributed by atoms with Crippen molar-refractivity contribution in [2.24, 2.45) is 11.8 Å². The molecule has 0 aliphatic carbocycles. The molecule has 3 saturated heterocycles. The molecule has 3 fully saturated rings. The van der Waals surface area contributed by atoms with E-state index in [0.717, 1.165) is 16.2 Å². The lowest BCUT2D eigenvalue weighted by Gasteiger charge is -2.37. The number of aromatic nitrogens is 1. The Morgan fingerprint density at radius 2 is 1.73 bits per heavy atom. The number of Topliss-reactive ketones (excluding diaryl/α,β-unsaturated/α-hetero) is 1. The van der Waals surface area contributed by atoms with Gasteiger partial charge in [0.25, 0.3) is 0 Å². The predicted octanol–water partition coefficient (Wildman–Crippen LogP) is 1.26. The fourth-order valence-electron chi connectivity index (χ4n) is 6.33. The summed E-state index contributed by atoms with van der Waals surface area (Å²) in [6.07, 6.45) is 3.02. The van der Waals surface area contributed by atoms with Crippen molar-refractivity contribution in [3.8, 4) is 0 Å². The van der Waals surface area contributed by atoms with E-state index in [1.807, 2.05) is 36.9 Å². The van der Waals surface area contributed by atoms with E-state index in [2.05, 4.69) is 17.0 Å². The Balaban J connectivity index is 1.26. The van der Waals surface area contributed by atoms with Gasteiger partial charge in [-0.25, -0.2) is 8.42 Å². The van der Waals surface area contributed by atoms with Crippen LogP contribution in [0.15, 0.2) is 59.8 Å². The minimum Gasteiger partial charge on any atom is -0.619 e. The number of carbonyl (C=O) groups is 3. The number of para-hydroxylation sites is 1. The van der Waals surface area contributed by atoms with Crippen molar-refractivity contribution in [3.63, 3.8) is 0 Å². The number of likely N-dealkylation sites (tertiary alicyclic amines) is 1. The molecule has 0 N–H and O–H groups in total. The Bertz CT molecular complexity index is 1390. The van der Waals surface area contributed by atoms with E-state index in [-0.39, 0.29) is 47.9 Å². The zero-order valence-electron chi connectivity index (χ0n) is 23.5. The van der Waals surface area contributed by atoms with Crippen molar-refractivity contribution in [1.82, 2.24) is 14.1 Å². The topological polar surface area (TPSA) is 125 Å². The summed E-state index contributed by atoms with van der Waals surface area (Å²) < 4.78 is 28.2. The molecule has 3 unspecified atom stereocenters. The molecule has 3 aliphatic heterocycles. The maximum atomic E-state index is 13.9. The Kier molecular flexibility index (Phi) is 8.32. The van der Waals surface area contributed by atoms with Crippen LogP contribution < -0.4 is 9.63 Å². The quantitative estimate of drug-likeness (QED) is 0.339. The summed E-state index contributed by atoms with van der Waals surface area (Å²) in [5.74, 6) is -1.14. The van der Waals surface area contributed by atoms with E-state index in [9.17, 15) is 28.0 Å². The lowest BCUT2D eigenvalue weighted by molar-refractivity contribution is -0.607. The number of fused-ring (bicyclic) bond motifs is 1. The van der Waals surface area contributed by atoms with Crippen LogP contribution in [0, 0.1) is 17.0 Å². The fourth-order valence-corrected chi connectivity index (χ4v) is 7.96. The van der Waals surface area contributed by atoms with Crippen LogP contribution in [-0.4, -0.2) is 91.5 Å². The minimum atomic E-state index is -4.11. The number of hydrogen-bond acceptors (Lipinski definition) is 7. The maximum absolute atomic E-state index is 13.9. The first-order chi connectivity index (χ1) is 19.6. The summed E-state index contributed by atoms with van der Waals surface area (Å²) in [5.41, 5.74) is 1.12. The predicted molar refractivity (Wildman–Crippen MR) is 151 cm³/mol. The van der Waals surface area contributed by atoms with Crippen molar-refractivity contribution in [2.45, 2.75) is 50.1 Å². The van der Waals surface area contributed by atoms with E-state index in [0.29, 0.717) is 43.8 Å². The molecule has 0 radical (unpaired) electrons. The first kappa shape index (κ1) is 29.0. The molecule has 1 aromatic carbocycles. The highest BCUT2D eigenvalue weighted by Gasteiger charge is 2.54. The molecule has 3 aliphatic rings. The lowest BCUT2D eigenvalue weighted by atomic mass is 9.91. The van der Waals surface area contributed by atoms with Gasteiger partial charge in [0, 0.05) is 56.8 Å². The van der Waals surface area contributed by atoms with Crippen LogP contribution in [0.2, 0.25) is 0 Å². The summed E-state index contributed by atoms with van der Waals surface area (Å²) in [6.45, 7) is 6.43. The van der Waals surface area contributed by atoms with Crippen molar-refractivity contribution in [3.05, 3.63) is 60.1 Å². The maximum Gasteiger partial charge on any atom is 0.249 e. The van der Waals surface area contributed by atoms with E-state index in [1.165, 1.54) is 23.2 Å². The monoisotopic (exact) mass is 583 g/mol. The Hall–Kier alpha value is -3.51. The number of sulfonamides is 1. The molecule has 1 aromatic heterocycles. The van der Waals surface area contributed by atoms with E-state index in [4.69, 9.17) is 0 Å². The highest BCUT2D eigenvalue weighted by Crippen LogP contribution is 2.35. The Morgan fingerprint density at radius 1 is 1.02 bits per heavy atom. The molecule has 220 valence electrons. The van der Waals surface area contributed by atoms with Gasteiger partial charge in [0.05, 0.1) is 12.6 Å². The molecular formula is C29H37N5O6S. The highest BCUT2D eigenvalue weighted by atomic mass is 32.2. The number of pyridine rings is 1. The third-order valence-electron chi connectivity index (χ3n) is 8.30. The molecule has 12 heteroatoms. The summed E-state index contributed by atoms with van der Waals surface area (Å²) in [6, 6.07) is 11.1. The van der Waals surface area contributed by atoms with Gasteiger partial charge in [-0.2, -0.15) is 9.04 Å². The number of hydrogen-bond donors (Lipinski definition) is 0. The van der Waals surface area contributed by atoms with Crippen molar-refractivity contribution >= 4 is 33.3 Å². The number of anilines is 1. The van der Waals surface area contributed by atoms with Gasteiger partial charge >= 0.3 is 0 Å². The molecule has 0 spiro atoms. The van der Waals surface area contributed by atoms with Crippen molar-refractivity contribution < 1.29 is 27.5 Å². The molecule has 5 rings (SSSR count). The van der Waals surface area contributed by atoms with Crippen LogP contribution in [0.5, 0.6) is 0 Å². The average Bonchev–Trinajstić information content (AvgIpc) is 3.54. The van der Waals surface area contributed by atoms with Crippen LogP contribution >= 0.6 is 0 Å². The first-order valence-corrected chi connectivity index (χ1v) is 15.6. The molecular weight excluding hydrogens is 546 g/mol. The van der Waals surface area contributed by atoms with Crippen LogP contribution in [-0.2, 0) is 24.4 Å². The largest absolute Gasteiger partial charge is 0.619 e. The number of nitrogens with zero attached hydrogens (tertiary/aromatic N) is 5. The molecule has 2 amide bonds. The van der Waals surface area contributed by atoms with E-state index < -0.39 is 28.0 Å². The van der Waals surface area contributed by atoms with E-state index in [1.54, 1.807) is 0 Å². The molecule has 0 bridgehead atoms. The third kappa shape index (κ3) is 5.94. The fraction of sp³-hybridized carbons (Fsp3) is 0.517. The molecule has 0 saturated carbocycles. The third-order valence-corrected chi connectivity index (χ3v) is 10.1. The van der Waals surface area contributed by atoms with Gasteiger partial charge in [-0.05, 0) is 37.0 Å². The molecule has 2 aromatic rings. The Morgan fingerprint density at radius 3 is 2.39 bits per heavy atom. The standard InChI is InChI=1S/C29H37N5O6S/c1-21(2)17-22(18-27(36)31-15-13-30(14-16-31)23-7-4-3-5-8-23)29(37)33-12-10-25-28(33)26(35)20-34(25)41(39,40)24-9-6-11-32(38)19-24/h3-9,11,19,21-22,25,28H,10,12-18,20H2,1-2H3. The van der Waals surface area contributed by atoms with Crippen molar-refractivity contribution in [1.29, 1.82) is 0 Å². The summed E-state index contributed by atoms with van der Waals surface area (Å²) in [7, 11) is -4.11. The average molecular weight is 584 g/mol. The second-order valence-electron chi connectivity index (χ2n) is 11.5. The molecule has 11 nitrogen and oxygen atoms in total. The lowest BCUT2D eigenvalue weighted by Crippen LogP contribution is -2.50. The Labute approximate surface area is 241 Å². The smallest absolute Gasteiger partial charge is 0.249 e. The van der Waals surface area contributed by atoms with Crippen molar-refractivity contribution in [2.75, 3.05) is 44.2 Å². The van der Waals surface area contributed by atoms with Gasteiger partial charge in [0.1, 0.15) is 10.9 Å². The van der Waals surface area contributed by atoms with Gasteiger partial charge in [0.2, 0.25) is 21.8 Å². The summed E-state index contributed by atoms with van der Waals surface area (Å²) in [5, 5.41) is 11.7. The summed E-state index contributed by atoms with van der Waals surface area (Å²) >= 11 is 0. The first-order valence-electron chi connectivity index (χ1n) is 14.2. The van der Waals surface area contributed by atoms with Gasteiger partial charge < -0.3 is 19.9 Å². The second kappa shape index (κ2) is 11.8. The zero-order valence-corrected chi connectivity index (χ0v) is 24.3. The van der Waals surface area contributed by atoms with Gasteiger partial charge in [-0.1, -0.05) is 32.0 Å². The van der Waals surface area contributed by atoms with E-state index >= 15 is 0 Å². The molecule has 41 heavy (non-hydrogen) atoms. The van der Waals surface area contributed by atoms with Crippen LogP contribution in [0.4, 0.5) is 5.69 Å². The van der Waals surface area contributed by atoms with Crippen LogP contribution in [0.3, 0.4) is 0 Å². The van der Waals surface area contributed by atoms with Gasteiger partial charge in [-0.3, -0.25) is 14.4 Å². The van der Waals surface area contributed by atoms with Crippen LogP contribution in [0.1, 0.15) is 33.1 Å². The minimum absolute atomic E-state index is 0.0555. The molecule has 3 atom stereocenters. The van der Waals surface area contributed by atoms with Gasteiger partial charge in [-0.15, -0.1) is 0 Å². The summed E-state index contributed by atoms with van der Waals surface area (Å²) in [4.78, 5) is 45.7. The number of rotatable bonds is 8.